The molecule has 90 valence electrons. The largest absolute Gasteiger partial charge is 0.356 e. The molecule has 0 fully saturated rings. The molecular weight excluding hydrogens is 190 g/mol. The third-order valence-corrected chi connectivity index (χ3v) is 2.32. The molecule has 5 N–H and O–H groups in total. The Hall–Kier alpha value is -0.610. The minimum absolute atomic E-state index is 0.0968. The van der Waals surface area contributed by atoms with E-state index < -0.39 is 0 Å². The maximum absolute atomic E-state index is 11.5. The van der Waals surface area contributed by atoms with Crippen LogP contribution < -0.4 is 16.8 Å². The van der Waals surface area contributed by atoms with Crippen LogP contribution in [0, 0.1) is 11.8 Å². The molecule has 0 aromatic heterocycles. The lowest BCUT2D eigenvalue weighted by molar-refractivity contribution is -0.122. The zero-order valence-electron chi connectivity index (χ0n) is 9.96. The molecule has 1 amide bonds. The number of nitrogens with one attached hydrogen (secondary N) is 1. The van der Waals surface area contributed by atoms with Crippen molar-refractivity contribution in [2.24, 2.45) is 23.3 Å². The van der Waals surface area contributed by atoms with Crippen LogP contribution in [0.15, 0.2) is 0 Å². The van der Waals surface area contributed by atoms with Crippen LogP contribution in [0.5, 0.6) is 0 Å². The van der Waals surface area contributed by atoms with Crippen molar-refractivity contribution in [3.8, 4) is 0 Å². The number of rotatable bonds is 8. The predicted octanol–water partition coefficient (Wildman–Crippen LogP) is 0.463. The van der Waals surface area contributed by atoms with Crippen LogP contribution in [0.1, 0.15) is 33.1 Å². The molecule has 0 aromatic carbocycles. The summed E-state index contributed by atoms with van der Waals surface area (Å²) in [7, 11) is 0. The molecule has 4 heteroatoms. The molecule has 0 heterocycles. The Morgan fingerprint density at radius 1 is 1.33 bits per heavy atom. The second-order valence-electron chi connectivity index (χ2n) is 4.43. The first kappa shape index (κ1) is 14.4. The molecule has 0 rings (SSSR count). The fraction of sp³-hybridized carbons (Fsp3) is 0.909. The first-order chi connectivity index (χ1) is 7.10. The molecular formula is C11H25N3O. The van der Waals surface area contributed by atoms with E-state index in [0.29, 0.717) is 37.9 Å². The third kappa shape index (κ3) is 8.39. The van der Waals surface area contributed by atoms with Crippen LogP contribution in [-0.2, 0) is 4.79 Å². The molecule has 0 unspecified atom stereocenters. The second-order valence-corrected chi connectivity index (χ2v) is 4.43. The SMILES string of the molecule is CC(C)C[C@H](CN)CC(=O)NCCCN. The van der Waals surface area contributed by atoms with Crippen molar-refractivity contribution >= 4 is 5.91 Å². The third-order valence-electron chi connectivity index (χ3n) is 2.32. The summed E-state index contributed by atoms with van der Waals surface area (Å²) in [6.07, 6.45) is 2.39. The molecule has 0 spiro atoms. The molecule has 0 saturated heterocycles. The lowest BCUT2D eigenvalue weighted by atomic mass is 9.94. The minimum Gasteiger partial charge on any atom is -0.356 e. The Kier molecular flexibility index (Phi) is 8.33. The number of carbonyl (C=O) groups is 1. The molecule has 0 saturated carbocycles. The van der Waals surface area contributed by atoms with Crippen LogP contribution in [0.25, 0.3) is 0 Å². The molecule has 1 atom stereocenters. The summed E-state index contributed by atoms with van der Waals surface area (Å²) in [5, 5.41) is 2.85. The highest BCUT2D eigenvalue weighted by atomic mass is 16.1. The summed E-state index contributed by atoms with van der Waals surface area (Å²) < 4.78 is 0. The van der Waals surface area contributed by atoms with E-state index in [2.05, 4.69) is 19.2 Å². The van der Waals surface area contributed by atoms with Gasteiger partial charge in [-0.05, 0) is 37.8 Å². The van der Waals surface area contributed by atoms with Crippen LogP contribution in [0.4, 0.5) is 0 Å². The first-order valence-electron chi connectivity index (χ1n) is 5.77. The van der Waals surface area contributed by atoms with Crippen molar-refractivity contribution in [3.05, 3.63) is 0 Å². The highest BCUT2D eigenvalue weighted by molar-refractivity contribution is 5.76. The molecule has 0 aliphatic rings. The highest BCUT2D eigenvalue weighted by Gasteiger charge is 2.13. The van der Waals surface area contributed by atoms with E-state index in [-0.39, 0.29) is 5.91 Å². The summed E-state index contributed by atoms with van der Waals surface area (Å²) in [5.74, 6) is 0.998. The highest BCUT2D eigenvalue weighted by Crippen LogP contribution is 2.13. The van der Waals surface area contributed by atoms with Crippen LogP contribution in [0.3, 0.4) is 0 Å². The maximum atomic E-state index is 11.5. The minimum atomic E-state index is 0.0968. The van der Waals surface area contributed by atoms with Crippen molar-refractivity contribution in [1.29, 1.82) is 0 Å². The fourth-order valence-electron chi connectivity index (χ4n) is 1.59. The van der Waals surface area contributed by atoms with Crippen LogP contribution >= 0.6 is 0 Å². The Morgan fingerprint density at radius 2 is 2.00 bits per heavy atom. The zero-order chi connectivity index (χ0) is 11.7. The molecule has 0 aliphatic carbocycles. The van der Waals surface area contributed by atoms with Gasteiger partial charge in [-0.25, -0.2) is 0 Å². The van der Waals surface area contributed by atoms with Gasteiger partial charge in [0, 0.05) is 13.0 Å². The van der Waals surface area contributed by atoms with Gasteiger partial charge in [-0.2, -0.15) is 0 Å². The number of amides is 1. The van der Waals surface area contributed by atoms with Gasteiger partial charge in [-0.15, -0.1) is 0 Å². The van der Waals surface area contributed by atoms with Crippen LogP contribution in [-0.4, -0.2) is 25.5 Å². The van der Waals surface area contributed by atoms with E-state index >= 15 is 0 Å². The standard InChI is InChI=1S/C11H25N3O/c1-9(2)6-10(8-13)7-11(15)14-5-3-4-12/h9-10H,3-8,12-13H2,1-2H3,(H,14,15)/t10-/m0/s1. The van der Waals surface area contributed by atoms with Gasteiger partial charge in [0.05, 0.1) is 0 Å². The summed E-state index contributed by atoms with van der Waals surface area (Å²) in [5.41, 5.74) is 11.0. The Labute approximate surface area is 92.8 Å². The maximum Gasteiger partial charge on any atom is 0.220 e. The lowest BCUT2D eigenvalue weighted by Crippen LogP contribution is -2.30. The summed E-state index contributed by atoms with van der Waals surface area (Å²) in [6, 6.07) is 0. The second kappa shape index (κ2) is 8.68. The van der Waals surface area contributed by atoms with Gasteiger partial charge >= 0.3 is 0 Å². The van der Waals surface area contributed by atoms with Gasteiger partial charge in [-0.3, -0.25) is 4.79 Å². The molecule has 15 heavy (non-hydrogen) atoms. The predicted molar refractivity (Wildman–Crippen MR) is 63.3 cm³/mol. The van der Waals surface area contributed by atoms with E-state index in [0.717, 1.165) is 12.8 Å². The van der Waals surface area contributed by atoms with Gasteiger partial charge in [0.2, 0.25) is 5.91 Å². The van der Waals surface area contributed by atoms with Crippen molar-refractivity contribution in [2.75, 3.05) is 19.6 Å². The summed E-state index contributed by atoms with van der Waals surface area (Å²) in [6.45, 7) is 6.17. The average molecular weight is 215 g/mol. The van der Waals surface area contributed by atoms with Crippen molar-refractivity contribution in [3.63, 3.8) is 0 Å². The van der Waals surface area contributed by atoms with Crippen LogP contribution in [0.2, 0.25) is 0 Å². The Balaban J connectivity index is 3.70. The van der Waals surface area contributed by atoms with E-state index in [1.807, 2.05) is 0 Å². The first-order valence-corrected chi connectivity index (χ1v) is 5.77. The smallest absolute Gasteiger partial charge is 0.220 e. The lowest BCUT2D eigenvalue weighted by Gasteiger charge is -2.16. The number of carbonyl (C=O) groups excluding carboxylic acids is 1. The molecule has 4 nitrogen and oxygen atoms in total. The van der Waals surface area contributed by atoms with Gasteiger partial charge in [0.15, 0.2) is 0 Å². The van der Waals surface area contributed by atoms with E-state index in [4.69, 9.17) is 11.5 Å². The molecule has 0 radical (unpaired) electrons. The van der Waals surface area contributed by atoms with Crippen molar-refractivity contribution in [1.82, 2.24) is 5.32 Å². The summed E-state index contributed by atoms with van der Waals surface area (Å²) >= 11 is 0. The molecule has 0 bridgehead atoms. The number of hydrogen-bond acceptors (Lipinski definition) is 3. The Morgan fingerprint density at radius 3 is 2.47 bits per heavy atom. The fourth-order valence-corrected chi connectivity index (χ4v) is 1.59. The van der Waals surface area contributed by atoms with E-state index in [9.17, 15) is 4.79 Å². The van der Waals surface area contributed by atoms with Crippen molar-refractivity contribution < 1.29 is 4.79 Å². The average Bonchev–Trinajstić information content (AvgIpc) is 2.16. The quantitative estimate of drug-likeness (QED) is 0.515. The van der Waals surface area contributed by atoms with Gasteiger partial charge in [-0.1, -0.05) is 13.8 Å². The molecule has 0 aromatic rings. The molecule has 0 aliphatic heterocycles. The van der Waals surface area contributed by atoms with E-state index in [1.54, 1.807) is 0 Å². The normalized spacial score (nSPS) is 12.9. The summed E-state index contributed by atoms with van der Waals surface area (Å²) in [4.78, 5) is 11.5. The Bertz CT molecular complexity index is 171. The van der Waals surface area contributed by atoms with Gasteiger partial charge in [0.1, 0.15) is 0 Å². The monoisotopic (exact) mass is 215 g/mol. The van der Waals surface area contributed by atoms with E-state index in [1.165, 1.54) is 0 Å². The topological polar surface area (TPSA) is 81.1 Å². The number of nitrogens with two attached hydrogens (primary N) is 2. The zero-order valence-corrected chi connectivity index (χ0v) is 9.96. The van der Waals surface area contributed by atoms with Gasteiger partial charge < -0.3 is 16.8 Å². The van der Waals surface area contributed by atoms with Crippen molar-refractivity contribution in [2.45, 2.75) is 33.1 Å². The number of hydrogen-bond donors (Lipinski definition) is 3. The van der Waals surface area contributed by atoms with Gasteiger partial charge in [0.25, 0.3) is 0 Å².